The number of nitrogens with two attached hydrogens (primary N) is 1. The maximum atomic E-state index is 14.5. The van der Waals surface area contributed by atoms with E-state index in [1.54, 1.807) is 42.7 Å². The number of likely N-dealkylation sites (tertiary alicyclic amines) is 1. The Morgan fingerprint density at radius 1 is 0.970 bits per heavy atom. The number of anilines is 3. The molecule has 2 unspecified atom stereocenters. The summed E-state index contributed by atoms with van der Waals surface area (Å²) in [6.07, 6.45) is 3.04. The van der Waals surface area contributed by atoms with Crippen molar-refractivity contribution in [3.63, 3.8) is 0 Å². The van der Waals surface area contributed by atoms with Gasteiger partial charge in [0.05, 0.1) is 58.5 Å². The molecule has 7 heterocycles. The van der Waals surface area contributed by atoms with E-state index in [2.05, 4.69) is 40.4 Å². The molecule has 3 saturated heterocycles. The molecule has 7 atom stereocenters. The van der Waals surface area contributed by atoms with E-state index in [0.29, 0.717) is 34.4 Å². The number of nitrogen functional groups attached to an aromatic ring is 1. The van der Waals surface area contributed by atoms with Gasteiger partial charge in [0.1, 0.15) is 30.1 Å². The Morgan fingerprint density at radius 2 is 1.75 bits per heavy atom. The van der Waals surface area contributed by atoms with Gasteiger partial charge < -0.3 is 50.0 Å². The van der Waals surface area contributed by atoms with Gasteiger partial charge in [-0.2, -0.15) is 0 Å². The fourth-order valence-electron chi connectivity index (χ4n) is 9.75. The van der Waals surface area contributed by atoms with E-state index < -0.39 is 18.1 Å². The van der Waals surface area contributed by atoms with E-state index in [-0.39, 0.29) is 74.4 Å². The Labute approximate surface area is 392 Å². The van der Waals surface area contributed by atoms with Crippen molar-refractivity contribution in [2.75, 3.05) is 55.0 Å². The average Bonchev–Trinajstić information content (AvgIpc) is 4.12. The molecule has 2 bridgehead atoms. The van der Waals surface area contributed by atoms with Gasteiger partial charge in [0.2, 0.25) is 17.7 Å². The highest BCUT2D eigenvalue weighted by Crippen LogP contribution is 2.40. The molecule has 17 nitrogen and oxygen atoms in total. The summed E-state index contributed by atoms with van der Waals surface area (Å²) in [5, 5.41) is 36.9. The van der Waals surface area contributed by atoms with Gasteiger partial charge in [0.25, 0.3) is 0 Å². The van der Waals surface area contributed by atoms with Gasteiger partial charge in [0, 0.05) is 67.7 Å². The van der Waals surface area contributed by atoms with Crippen LogP contribution in [0.2, 0.25) is 0 Å². The number of β-amino-alcohol motifs (C(OH)–C–C–N with tert-alkyl or cyclic N) is 1. The summed E-state index contributed by atoms with van der Waals surface area (Å²) in [6, 6.07) is 21.9. The highest BCUT2D eigenvalue weighted by Gasteiger charge is 2.45. The maximum Gasteiger partial charge on any atom is 0.243 e. The molecule has 18 heteroatoms. The van der Waals surface area contributed by atoms with Crippen LogP contribution in [0, 0.1) is 19.8 Å². The lowest BCUT2D eigenvalue weighted by Gasteiger charge is -2.43. The lowest BCUT2D eigenvalue weighted by atomic mass is 9.90. The standard InChI is InChI=1S/C49H56N10O7S/c1-28(45(43-19-29(2)56-66-43)49(63)58-25-37(60)21-41(58)48(62)53-30(3)32-9-11-33(12-10-32)46-31(4)52-27-67-46)26-64-17-18-65-44-20-34(15-16-51-44)59-35-13-14-36(59)24-57(23-35)40-22-39(54-55-47(40)50)38-7-5-6-8-42(38)61/h5-12,15-16,19-20,22,27-28,30,35-37,41,45,60-61H,13-14,17-18,21,23-26H2,1-4H3,(H2,50,55)(H,53,62)/t28-,30-,35?,36?,37+,41-,45+/m0/s1. The van der Waals surface area contributed by atoms with E-state index in [4.69, 9.17) is 19.7 Å². The molecule has 5 N–H and O–H groups in total. The fraction of sp³-hybridized carbons (Fsp3) is 0.408. The molecule has 67 heavy (non-hydrogen) atoms. The first-order valence-electron chi connectivity index (χ1n) is 22.8. The number of phenolic OH excluding ortho intramolecular Hbond substituents is 1. The molecule has 0 aliphatic carbocycles. The highest BCUT2D eigenvalue weighted by molar-refractivity contribution is 7.13. The predicted octanol–water partition coefficient (Wildman–Crippen LogP) is 6.07. The molecule has 3 fully saturated rings. The number of carbonyl (C=O) groups is 2. The molecular weight excluding hydrogens is 873 g/mol. The van der Waals surface area contributed by atoms with Gasteiger partial charge >= 0.3 is 0 Å². The molecule has 3 aliphatic rings. The largest absolute Gasteiger partial charge is 0.507 e. The molecule has 4 aromatic heterocycles. The van der Waals surface area contributed by atoms with Crippen LogP contribution in [0.5, 0.6) is 11.6 Å². The smallest absolute Gasteiger partial charge is 0.243 e. The third kappa shape index (κ3) is 9.78. The van der Waals surface area contributed by atoms with Gasteiger partial charge in [-0.15, -0.1) is 21.5 Å². The first-order chi connectivity index (χ1) is 32.4. The number of carbonyl (C=O) groups excluding carboxylic acids is 2. The first kappa shape index (κ1) is 45.5. The summed E-state index contributed by atoms with van der Waals surface area (Å²) in [5.41, 5.74) is 14.8. The third-order valence-electron chi connectivity index (χ3n) is 13.1. The maximum absolute atomic E-state index is 14.5. The average molecular weight is 929 g/mol. The van der Waals surface area contributed by atoms with E-state index in [9.17, 15) is 19.8 Å². The van der Waals surface area contributed by atoms with Crippen molar-refractivity contribution in [3.05, 3.63) is 107 Å². The van der Waals surface area contributed by atoms with Gasteiger partial charge in [-0.05, 0) is 74.9 Å². The number of pyridine rings is 1. The van der Waals surface area contributed by atoms with Gasteiger partial charge in [-0.25, -0.2) is 9.97 Å². The van der Waals surface area contributed by atoms with E-state index in [1.807, 2.05) is 80.9 Å². The number of aromatic nitrogens is 5. The number of aliphatic hydroxyl groups excluding tert-OH is 1. The van der Waals surface area contributed by atoms with Gasteiger partial charge in [0.15, 0.2) is 5.82 Å². The Morgan fingerprint density at radius 3 is 2.46 bits per heavy atom. The quantitative estimate of drug-likeness (QED) is 0.0811. The van der Waals surface area contributed by atoms with Gasteiger partial charge in [-0.3, -0.25) is 9.59 Å². The number of fused-ring (bicyclic) bond motifs is 2. The van der Waals surface area contributed by atoms with E-state index in [1.165, 1.54) is 4.90 Å². The molecule has 2 amide bonds. The number of ether oxygens (including phenoxy) is 2. The Balaban J connectivity index is 0.791. The summed E-state index contributed by atoms with van der Waals surface area (Å²) < 4.78 is 17.9. The van der Waals surface area contributed by atoms with Crippen molar-refractivity contribution in [3.8, 4) is 33.3 Å². The van der Waals surface area contributed by atoms with Gasteiger partial charge in [-0.1, -0.05) is 48.5 Å². The molecular formula is C49H56N10O7S. The zero-order valence-electron chi connectivity index (χ0n) is 38.0. The van der Waals surface area contributed by atoms with Crippen LogP contribution in [0.3, 0.4) is 0 Å². The summed E-state index contributed by atoms with van der Waals surface area (Å²) in [7, 11) is 0. The SMILES string of the molecule is Cc1cc([C@H](C(=O)N2C[C@H](O)C[C@H]2C(=O)N[C@@H](C)c2ccc(-c3scnc3C)cc2)[C@@H](C)COCCOc2cc(N3C4CCC3CN(c3cc(-c5ccccc5O)nnc3N)C4)ccn2)on1. The van der Waals surface area contributed by atoms with Crippen LogP contribution in [0.25, 0.3) is 21.7 Å². The zero-order chi connectivity index (χ0) is 46.8. The molecule has 350 valence electrons. The minimum absolute atomic E-state index is 0.0149. The fourth-order valence-corrected chi connectivity index (χ4v) is 10.6. The predicted molar refractivity (Wildman–Crippen MR) is 254 cm³/mol. The number of para-hydroxylation sites is 1. The lowest BCUT2D eigenvalue weighted by Crippen LogP contribution is -2.54. The summed E-state index contributed by atoms with van der Waals surface area (Å²) in [6.45, 7) is 9.71. The number of phenols is 1. The van der Waals surface area contributed by atoms with Crippen molar-refractivity contribution >= 4 is 40.3 Å². The Bertz CT molecular complexity index is 2680. The molecule has 9 rings (SSSR count). The van der Waals surface area contributed by atoms with E-state index in [0.717, 1.165) is 59.0 Å². The van der Waals surface area contributed by atoms with Crippen molar-refractivity contribution in [1.82, 2.24) is 35.5 Å². The van der Waals surface area contributed by atoms with Crippen molar-refractivity contribution in [2.45, 2.75) is 83.1 Å². The number of rotatable bonds is 16. The summed E-state index contributed by atoms with van der Waals surface area (Å²) in [4.78, 5) is 44.4. The number of amides is 2. The number of hydrogen-bond donors (Lipinski definition) is 4. The van der Waals surface area contributed by atoms with Crippen LogP contribution >= 0.6 is 11.3 Å². The number of benzene rings is 2. The number of aryl methyl sites for hydroxylation is 2. The minimum atomic E-state index is -0.874. The molecule has 3 aliphatic heterocycles. The number of thiazole rings is 1. The second-order valence-corrected chi connectivity index (χ2v) is 18.7. The van der Waals surface area contributed by atoms with Crippen LogP contribution in [0.1, 0.15) is 67.8 Å². The van der Waals surface area contributed by atoms with Crippen LogP contribution in [-0.4, -0.2) is 116 Å². The molecule has 0 saturated carbocycles. The normalized spacial score (nSPS) is 20.5. The molecule has 6 aromatic rings. The van der Waals surface area contributed by atoms with Crippen LogP contribution in [0.15, 0.2) is 89.0 Å². The Hall–Kier alpha value is -6.63. The third-order valence-corrected chi connectivity index (χ3v) is 14.1. The first-order valence-corrected chi connectivity index (χ1v) is 23.6. The number of nitrogens with one attached hydrogen (secondary N) is 1. The number of aromatic hydroxyl groups is 1. The number of nitrogens with zero attached hydrogens (tertiary/aromatic N) is 8. The van der Waals surface area contributed by atoms with Crippen molar-refractivity contribution in [1.29, 1.82) is 0 Å². The highest BCUT2D eigenvalue weighted by atomic mass is 32.1. The lowest BCUT2D eigenvalue weighted by molar-refractivity contribution is -0.141. The second-order valence-electron chi connectivity index (χ2n) is 17.8. The molecule has 0 radical (unpaired) electrons. The molecule has 2 aromatic carbocycles. The molecule has 0 spiro atoms. The summed E-state index contributed by atoms with van der Waals surface area (Å²) in [5.74, 6) is -0.546. The van der Waals surface area contributed by atoms with Crippen LogP contribution in [-0.2, 0) is 14.3 Å². The van der Waals surface area contributed by atoms with Crippen LogP contribution in [0.4, 0.5) is 17.2 Å². The Kier molecular flexibility index (Phi) is 13.4. The minimum Gasteiger partial charge on any atom is -0.507 e. The van der Waals surface area contributed by atoms with E-state index >= 15 is 0 Å². The summed E-state index contributed by atoms with van der Waals surface area (Å²) >= 11 is 1.58. The monoisotopic (exact) mass is 928 g/mol. The zero-order valence-corrected chi connectivity index (χ0v) is 38.8. The second kappa shape index (κ2) is 19.7. The topological polar surface area (TPSA) is 218 Å². The number of piperazine rings is 1. The van der Waals surface area contributed by atoms with Crippen LogP contribution < -0.4 is 25.6 Å². The number of hydrogen-bond acceptors (Lipinski definition) is 16. The van der Waals surface area contributed by atoms with Crippen molar-refractivity contribution < 1.29 is 33.8 Å². The van der Waals surface area contributed by atoms with Crippen molar-refractivity contribution in [2.24, 2.45) is 5.92 Å². The number of aliphatic hydroxyl groups is 1.